The van der Waals surface area contributed by atoms with Gasteiger partial charge >= 0.3 is 0 Å². The summed E-state index contributed by atoms with van der Waals surface area (Å²) < 4.78 is 6.07. The zero-order valence-electron chi connectivity index (χ0n) is 13.2. The van der Waals surface area contributed by atoms with Crippen LogP contribution in [0, 0.1) is 23.7 Å². The highest BCUT2D eigenvalue weighted by Crippen LogP contribution is 2.37. The molecule has 0 radical (unpaired) electrons. The van der Waals surface area contributed by atoms with Crippen molar-refractivity contribution in [3.63, 3.8) is 0 Å². The quantitative estimate of drug-likeness (QED) is 0.526. The van der Waals surface area contributed by atoms with Gasteiger partial charge in [-0.3, -0.25) is 0 Å². The molecule has 5 heteroatoms. The first-order valence-electron chi connectivity index (χ1n) is 6.95. The highest BCUT2D eigenvalue weighted by atomic mass is 28.4. The molecule has 0 saturated heterocycles. The molecule has 3 N–H and O–H groups in total. The highest BCUT2D eigenvalue weighted by Gasteiger charge is 2.42. The molecule has 21 heavy (non-hydrogen) atoms. The third kappa shape index (κ3) is 4.71. The lowest BCUT2D eigenvalue weighted by molar-refractivity contribution is -0.0720. The van der Waals surface area contributed by atoms with Crippen molar-refractivity contribution in [3.8, 4) is 23.7 Å². The summed E-state index contributed by atoms with van der Waals surface area (Å²) in [5, 5.41) is 29.9. The Labute approximate surface area is 128 Å². The molecule has 1 aliphatic carbocycles. The van der Waals surface area contributed by atoms with Crippen molar-refractivity contribution in [2.45, 2.75) is 63.3 Å². The van der Waals surface area contributed by atoms with Crippen LogP contribution in [0.15, 0.2) is 12.2 Å². The minimum Gasteiger partial charge on any atom is -0.401 e. The lowest BCUT2D eigenvalue weighted by Crippen LogP contribution is -2.51. The summed E-state index contributed by atoms with van der Waals surface area (Å²) in [6.07, 6.45) is -1.92. The summed E-state index contributed by atoms with van der Waals surface area (Å²) in [7, 11) is -2.17. The topological polar surface area (TPSA) is 69.9 Å². The standard InChI is InChI=1S/C16H24O4Si/c1-16(2,3)21(4,5)20-13-11-9-7-6-8-10-12(17)14(18)15(13)19/h6-7,12-15,17-19H,1-5H3/b7-6-/t12-,13-,14+,15+/m1/s1. The fourth-order valence-electron chi connectivity index (χ4n) is 1.48. The van der Waals surface area contributed by atoms with Crippen LogP contribution in [-0.2, 0) is 4.43 Å². The van der Waals surface area contributed by atoms with E-state index in [2.05, 4.69) is 44.5 Å². The van der Waals surface area contributed by atoms with E-state index in [0.29, 0.717) is 0 Å². The Bertz CT molecular complexity index is 510. The Balaban J connectivity index is 3.06. The largest absolute Gasteiger partial charge is 0.401 e. The van der Waals surface area contributed by atoms with Gasteiger partial charge < -0.3 is 19.7 Å². The minimum atomic E-state index is -2.17. The second kappa shape index (κ2) is 6.78. The first-order valence-corrected chi connectivity index (χ1v) is 9.86. The van der Waals surface area contributed by atoms with Gasteiger partial charge in [-0.15, -0.1) is 0 Å². The zero-order chi connectivity index (χ0) is 16.3. The van der Waals surface area contributed by atoms with E-state index >= 15 is 0 Å². The molecule has 4 atom stereocenters. The maximum atomic E-state index is 10.3. The van der Waals surface area contributed by atoms with Crippen LogP contribution in [0.3, 0.4) is 0 Å². The van der Waals surface area contributed by atoms with Crippen molar-refractivity contribution in [2.75, 3.05) is 0 Å². The SMILES string of the molecule is CC(C)(C)[Si](C)(C)O[C@@H]1C#C/C=C\C#C[C@@H](O)[C@H](O)[C@H]1O. The molecule has 0 heterocycles. The van der Waals surface area contributed by atoms with Crippen molar-refractivity contribution >= 4 is 8.32 Å². The maximum Gasteiger partial charge on any atom is 0.193 e. The van der Waals surface area contributed by atoms with Gasteiger partial charge in [-0.2, -0.15) is 0 Å². The lowest BCUT2D eigenvalue weighted by atomic mass is 10.0. The van der Waals surface area contributed by atoms with Gasteiger partial charge in [0.25, 0.3) is 0 Å². The summed E-state index contributed by atoms with van der Waals surface area (Å²) in [6.45, 7) is 10.3. The van der Waals surface area contributed by atoms with Gasteiger partial charge in [0.1, 0.15) is 24.4 Å². The number of aliphatic hydroxyl groups excluding tert-OH is 3. The van der Waals surface area contributed by atoms with Crippen molar-refractivity contribution < 1.29 is 19.7 Å². The summed E-state index contributed by atoms with van der Waals surface area (Å²) in [5.41, 5.74) is 0. The van der Waals surface area contributed by atoms with Gasteiger partial charge in [0.2, 0.25) is 0 Å². The Kier molecular flexibility index (Phi) is 5.80. The van der Waals surface area contributed by atoms with Crippen LogP contribution in [0.2, 0.25) is 18.1 Å². The van der Waals surface area contributed by atoms with Gasteiger partial charge in [0.15, 0.2) is 8.32 Å². The van der Waals surface area contributed by atoms with Crippen LogP contribution in [0.25, 0.3) is 0 Å². The van der Waals surface area contributed by atoms with E-state index in [9.17, 15) is 15.3 Å². The molecule has 0 aliphatic heterocycles. The highest BCUT2D eigenvalue weighted by molar-refractivity contribution is 6.74. The van der Waals surface area contributed by atoms with Crippen molar-refractivity contribution in [2.24, 2.45) is 0 Å². The first kappa shape index (κ1) is 18.0. The van der Waals surface area contributed by atoms with Crippen LogP contribution >= 0.6 is 0 Å². The molecule has 0 fully saturated rings. The second-order valence-corrected chi connectivity index (χ2v) is 11.4. The molecule has 4 nitrogen and oxygen atoms in total. The second-order valence-electron chi connectivity index (χ2n) is 6.64. The van der Waals surface area contributed by atoms with Gasteiger partial charge in [-0.05, 0) is 30.3 Å². The molecule has 0 saturated carbocycles. The molecule has 0 unspecified atom stereocenters. The van der Waals surface area contributed by atoms with E-state index in [4.69, 9.17) is 4.43 Å². The fourth-order valence-corrected chi connectivity index (χ4v) is 2.66. The Morgan fingerprint density at radius 1 is 0.952 bits per heavy atom. The average molecular weight is 308 g/mol. The predicted molar refractivity (Wildman–Crippen MR) is 84.8 cm³/mol. The summed E-state index contributed by atoms with van der Waals surface area (Å²) in [4.78, 5) is 0. The molecule has 0 aromatic rings. The normalized spacial score (nSPS) is 31.4. The number of hydrogen-bond donors (Lipinski definition) is 3. The van der Waals surface area contributed by atoms with Gasteiger partial charge in [-0.1, -0.05) is 44.5 Å². The van der Waals surface area contributed by atoms with E-state index < -0.39 is 32.7 Å². The fraction of sp³-hybridized carbons (Fsp3) is 0.625. The lowest BCUT2D eigenvalue weighted by Gasteiger charge is -2.39. The van der Waals surface area contributed by atoms with E-state index in [1.165, 1.54) is 12.2 Å². The molecule has 0 aromatic heterocycles. The number of hydrogen-bond acceptors (Lipinski definition) is 4. The molecule has 1 aliphatic rings. The zero-order valence-corrected chi connectivity index (χ0v) is 14.2. The Morgan fingerprint density at radius 2 is 1.48 bits per heavy atom. The van der Waals surface area contributed by atoms with Crippen LogP contribution in [-0.4, -0.2) is 48.1 Å². The monoisotopic (exact) mass is 308 g/mol. The molecular weight excluding hydrogens is 284 g/mol. The maximum absolute atomic E-state index is 10.3. The van der Waals surface area contributed by atoms with Crippen molar-refractivity contribution in [1.82, 2.24) is 0 Å². The van der Waals surface area contributed by atoms with E-state index in [1.54, 1.807) is 0 Å². The smallest absolute Gasteiger partial charge is 0.193 e. The van der Waals surface area contributed by atoms with Crippen molar-refractivity contribution in [3.05, 3.63) is 12.2 Å². The van der Waals surface area contributed by atoms with Crippen LogP contribution in [0.5, 0.6) is 0 Å². The molecule has 1 rings (SSSR count). The summed E-state index contributed by atoms with van der Waals surface area (Å²) in [5.74, 6) is 10.6. The number of rotatable bonds is 2. The van der Waals surface area contributed by atoms with E-state index in [0.717, 1.165) is 0 Å². The van der Waals surface area contributed by atoms with E-state index in [1.807, 2.05) is 13.1 Å². The number of allylic oxidation sites excluding steroid dienone is 2. The molecule has 0 bridgehead atoms. The number of aliphatic hydroxyl groups is 3. The molecule has 0 aromatic carbocycles. The average Bonchev–Trinajstić information content (AvgIpc) is 2.36. The molecule has 0 spiro atoms. The van der Waals surface area contributed by atoms with Crippen LogP contribution in [0.1, 0.15) is 20.8 Å². The predicted octanol–water partition coefficient (Wildman–Crippen LogP) is 1.04. The van der Waals surface area contributed by atoms with Crippen LogP contribution < -0.4 is 0 Å². The summed E-state index contributed by atoms with van der Waals surface area (Å²) >= 11 is 0. The van der Waals surface area contributed by atoms with Crippen molar-refractivity contribution in [1.29, 1.82) is 0 Å². The minimum absolute atomic E-state index is 0.0526. The molecular formula is C16H24O4Si. The van der Waals surface area contributed by atoms with E-state index in [-0.39, 0.29) is 5.04 Å². The van der Waals surface area contributed by atoms with Gasteiger partial charge in [0, 0.05) is 0 Å². The van der Waals surface area contributed by atoms with Crippen LogP contribution in [0.4, 0.5) is 0 Å². The van der Waals surface area contributed by atoms with Gasteiger partial charge in [0.05, 0.1) is 0 Å². The molecule has 0 amide bonds. The Morgan fingerprint density at radius 3 is 2.00 bits per heavy atom. The summed E-state index contributed by atoms with van der Waals surface area (Å²) in [6, 6.07) is 0. The third-order valence-electron chi connectivity index (χ3n) is 3.92. The first-order chi connectivity index (χ1) is 9.56. The Hall–Kier alpha value is -1.08. The van der Waals surface area contributed by atoms with Gasteiger partial charge in [-0.25, -0.2) is 0 Å². The molecule has 116 valence electrons. The third-order valence-corrected chi connectivity index (χ3v) is 8.37.